The van der Waals surface area contributed by atoms with E-state index < -0.39 is 25.1 Å². The molecule has 0 unspecified atom stereocenters. The van der Waals surface area contributed by atoms with E-state index in [0.717, 1.165) is 4.31 Å². The lowest BCUT2D eigenvalue weighted by Crippen LogP contribution is -2.56. The smallest absolute Gasteiger partial charge is 0.223 e. The van der Waals surface area contributed by atoms with Crippen molar-refractivity contribution < 1.29 is 16.8 Å². The molecular formula is C16H15Cl2NO4S2. The zero-order chi connectivity index (χ0) is 18.4. The largest absolute Gasteiger partial charge is 0.243 e. The number of halogens is 2. The van der Waals surface area contributed by atoms with Crippen LogP contribution in [0.4, 0.5) is 0 Å². The summed E-state index contributed by atoms with van der Waals surface area (Å²) in [6.45, 7) is 1.45. The lowest BCUT2D eigenvalue weighted by molar-refractivity contribution is 0.309. The molecule has 9 heteroatoms. The first-order valence-electron chi connectivity index (χ1n) is 7.39. The second kappa shape index (κ2) is 6.55. The molecular weight excluding hydrogens is 405 g/mol. The molecule has 1 aliphatic rings. The Kier molecular flexibility index (Phi) is 4.89. The third-order valence-electron chi connectivity index (χ3n) is 4.23. The van der Waals surface area contributed by atoms with Crippen LogP contribution in [0.25, 0.3) is 0 Å². The second-order valence-electron chi connectivity index (χ2n) is 5.81. The van der Waals surface area contributed by atoms with Crippen molar-refractivity contribution in [2.75, 3.05) is 13.1 Å². The summed E-state index contributed by atoms with van der Waals surface area (Å²) in [5, 5.41) is 0.0167. The molecule has 25 heavy (non-hydrogen) atoms. The highest BCUT2D eigenvalue weighted by molar-refractivity contribution is 7.92. The third-order valence-corrected chi connectivity index (χ3v) is 8.97. The summed E-state index contributed by atoms with van der Waals surface area (Å²) in [5.74, 6) is 0. The van der Waals surface area contributed by atoms with Gasteiger partial charge in [0.15, 0.2) is 9.84 Å². The van der Waals surface area contributed by atoms with Gasteiger partial charge in [0.1, 0.15) is 0 Å². The van der Waals surface area contributed by atoms with Crippen LogP contribution < -0.4 is 0 Å². The van der Waals surface area contributed by atoms with E-state index in [-0.39, 0.29) is 22.9 Å². The topological polar surface area (TPSA) is 71.5 Å². The number of rotatable bonds is 4. The Morgan fingerprint density at radius 2 is 1.56 bits per heavy atom. The summed E-state index contributed by atoms with van der Waals surface area (Å²) in [5.41, 5.74) is 0.452. The molecule has 5 nitrogen and oxygen atoms in total. The van der Waals surface area contributed by atoms with Crippen LogP contribution >= 0.6 is 23.2 Å². The van der Waals surface area contributed by atoms with Gasteiger partial charge in [0.2, 0.25) is 10.0 Å². The predicted octanol–water partition coefficient (Wildman–Crippen LogP) is 3.15. The van der Waals surface area contributed by atoms with E-state index in [1.165, 1.54) is 30.3 Å². The fourth-order valence-corrected chi connectivity index (χ4v) is 6.59. The summed E-state index contributed by atoms with van der Waals surface area (Å²) in [7, 11) is -7.38. The van der Waals surface area contributed by atoms with Gasteiger partial charge in [-0.1, -0.05) is 29.3 Å². The maximum atomic E-state index is 12.7. The van der Waals surface area contributed by atoms with Crippen LogP contribution in [0.5, 0.6) is 0 Å². The number of nitrogens with zero attached hydrogens (tertiary/aromatic N) is 1. The van der Waals surface area contributed by atoms with Crippen LogP contribution in [0.1, 0.15) is 5.56 Å². The number of hydrogen-bond donors (Lipinski definition) is 0. The van der Waals surface area contributed by atoms with Crippen molar-refractivity contribution in [3.63, 3.8) is 0 Å². The van der Waals surface area contributed by atoms with E-state index in [1.807, 2.05) is 0 Å². The van der Waals surface area contributed by atoms with Crippen LogP contribution in [-0.4, -0.2) is 39.5 Å². The molecule has 3 rings (SSSR count). The SMILES string of the molecule is Cc1c(Cl)cccc1S(=O)(=O)N1CC(S(=O)(=O)c2ccc(Cl)cc2)C1. The first-order valence-corrected chi connectivity index (χ1v) is 11.1. The molecule has 0 spiro atoms. The number of sulfonamides is 1. The van der Waals surface area contributed by atoms with Gasteiger partial charge < -0.3 is 0 Å². The fourth-order valence-electron chi connectivity index (χ4n) is 2.62. The van der Waals surface area contributed by atoms with E-state index >= 15 is 0 Å². The molecule has 1 aliphatic heterocycles. The van der Waals surface area contributed by atoms with Gasteiger partial charge in [0, 0.05) is 23.1 Å². The minimum absolute atomic E-state index is 0.0841. The molecule has 0 atom stereocenters. The van der Waals surface area contributed by atoms with Gasteiger partial charge >= 0.3 is 0 Å². The van der Waals surface area contributed by atoms with Crippen molar-refractivity contribution in [3.8, 4) is 0 Å². The summed E-state index contributed by atoms with van der Waals surface area (Å²) in [4.78, 5) is 0.236. The van der Waals surface area contributed by atoms with Crippen molar-refractivity contribution >= 4 is 43.1 Å². The van der Waals surface area contributed by atoms with Crippen molar-refractivity contribution in [1.29, 1.82) is 0 Å². The van der Waals surface area contributed by atoms with Crippen LogP contribution in [0, 0.1) is 6.92 Å². The molecule has 1 saturated heterocycles. The summed E-state index contributed by atoms with van der Waals surface area (Å²) < 4.78 is 51.7. The normalized spacial score (nSPS) is 16.6. The molecule has 0 radical (unpaired) electrons. The zero-order valence-corrected chi connectivity index (χ0v) is 16.3. The van der Waals surface area contributed by atoms with E-state index in [4.69, 9.17) is 23.2 Å². The summed E-state index contributed by atoms with van der Waals surface area (Å²) >= 11 is 11.8. The Hall–Kier alpha value is -1.12. The van der Waals surface area contributed by atoms with E-state index in [9.17, 15) is 16.8 Å². The molecule has 2 aromatic rings. The maximum Gasteiger partial charge on any atom is 0.243 e. The second-order valence-corrected chi connectivity index (χ2v) is 10.8. The Balaban J connectivity index is 1.82. The summed E-state index contributed by atoms with van der Waals surface area (Å²) in [6, 6.07) is 10.5. The molecule has 0 saturated carbocycles. The Morgan fingerprint density at radius 3 is 2.16 bits per heavy atom. The van der Waals surface area contributed by atoms with Crippen molar-refractivity contribution in [3.05, 3.63) is 58.1 Å². The third kappa shape index (κ3) is 3.31. The zero-order valence-electron chi connectivity index (χ0n) is 13.2. The fraction of sp³-hybridized carbons (Fsp3) is 0.250. The first-order chi connectivity index (χ1) is 11.6. The van der Waals surface area contributed by atoms with Gasteiger partial charge in [-0.25, -0.2) is 16.8 Å². The van der Waals surface area contributed by atoms with Crippen molar-refractivity contribution in [2.45, 2.75) is 22.0 Å². The molecule has 0 bridgehead atoms. The quantitative estimate of drug-likeness (QED) is 0.762. The first kappa shape index (κ1) is 18.7. The van der Waals surface area contributed by atoms with Crippen molar-refractivity contribution in [1.82, 2.24) is 4.31 Å². The highest BCUT2D eigenvalue weighted by Gasteiger charge is 2.44. The standard InChI is InChI=1S/C16H15Cl2NO4S2/c1-11-15(18)3-2-4-16(11)25(22,23)19-9-14(10-19)24(20,21)13-7-5-12(17)6-8-13/h2-8,14H,9-10H2,1H3. The number of hydrogen-bond acceptors (Lipinski definition) is 4. The molecule has 0 amide bonds. The van der Waals surface area contributed by atoms with Crippen LogP contribution in [0.2, 0.25) is 10.0 Å². The van der Waals surface area contributed by atoms with Crippen LogP contribution in [0.3, 0.4) is 0 Å². The van der Waals surface area contributed by atoms with Crippen molar-refractivity contribution in [2.24, 2.45) is 0 Å². The molecule has 1 heterocycles. The van der Waals surface area contributed by atoms with Crippen LogP contribution in [0.15, 0.2) is 52.3 Å². The van der Waals surface area contributed by atoms with E-state index in [0.29, 0.717) is 15.6 Å². The van der Waals surface area contributed by atoms with E-state index in [1.54, 1.807) is 19.1 Å². The molecule has 1 fully saturated rings. The van der Waals surface area contributed by atoms with Gasteiger partial charge in [-0.15, -0.1) is 0 Å². The number of sulfone groups is 1. The minimum atomic E-state index is -3.77. The van der Waals surface area contributed by atoms with E-state index in [2.05, 4.69) is 0 Å². The predicted molar refractivity (Wildman–Crippen MR) is 97.4 cm³/mol. The maximum absolute atomic E-state index is 12.7. The van der Waals surface area contributed by atoms with Gasteiger partial charge in [0.25, 0.3) is 0 Å². The van der Waals surface area contributed by atoms with Crippen LogP contribution in [-0.2, 0) is 19.9 Å². The van der Waals surface area contributed by atoms with Gasteiger partial charge in [-0.05, 0) is 48.9 Å². The average Bonchev–Trinajstić information content (AvgIpc) is 2.48. The molecule has 134 valence electrons. The van der Waals surface area contributed by atoms with Gasteiger partial charge in [-0.3, -0.25) is 0 Å². The molecule has 0 aromatic heterocycles. The highest BCUT2D eigenvalue weighted by Crippen LogP contribution is 2.32. The lowest BCUT2D eigenvalue weighted by atomic mass is 10.2. The molecule has 0 N–H and O–H groups in total. The Bertz CT molecular complexity index is 1010. The highest BCUT2D eigenvalue weighted by atomic mass is 35.5. The van der Waals surface area contributed by atoms with Gasteiger partial charge in [-0.2, -0.15) is 4.31 Å². The summed E-state index contributed by atoms with van der Waals surface area (Å²) in [6.07, 6.45) is 0. The Morgan fingerprint density at radius 1 is 0.960 bits per heavy atom. The molecule has 0 aliphatic carbocycles. The monoisotopic (exact) mass is 419 g/mol. The lowest BCUT2D eigenvalue weighted by Gasteiger charge is -2.37. The minimum Gasteiger partial charge on any atom is -0.223 e. The average molecular weight is 420 g/mol. The molecule has 2 aromatic carbocycles. The number of benzene rings is 2. The van der Waals surface area contributed by atoms with Gasteiger partial charge in [0.05, 0.1) is 15.0 Å². The Labute approximate surface area is 157 Å².